The molecule has 0 N–H and O–H groups in total. The van der Waals surface area contributed by atoms with E-state index in [4.69, 9.17) is 23.7 Å². The third-order valence-corrected chi connectivity index (χ3v) is 4.35. The molecule has 0 radical (unpaired) electrons. The summed E-state index contributed by atoms with van der Waals surface area (Å²) in [4.78, 5) is 48.0. The van der Waals surface area contributed by atoms with E-state index in [1.807, 2.05) is 0 Å². The van der Waals surface area contributed by atoms with E-state index < -0.39 is 54.4 Å². The van der Waals surface area contributed by atoms with Crippen molar-refractivity contribution in [3.05, 3.63) is 35.9 Å². The van der Waals surface area contributed by atoms with E-state index in [0.29, 0.717) is 5.56 Å². The zero-order valence-electron chi connectivity index (χ0n) is 17.4. The lowest BCUT2D eigenvalue weighted by atomic mass is 9.91. The van der Waals surface area contributed by atoms with E-state index in [0.717, 1.165) is 0 Å². The largest absolute Gasteiger partial charge is 0.459 e. The zero-order chi connectivity index (χ0) is 22.3. The summed E-state index contributed by atoms with van der Waals surface area (Å²) in [6.45, 7) is 5.42. The van der Waals surface area contributed by atoms with Gasteiger partial charge in [-0.2, -0.15) is 0 Å². The van der Waals surface area contributed by atoms with E-state index in [1.165, 1.54) is 20.8 Å². The average Bonchev–Trinajstić information content (AvgIpc) is 2.66. The lowest BCUT2D eigenvalue weighted by Crippen LogP contribution is -2.55. The fourth-order valence-electron chi connectivity index (χ4n) is 3.37. The number of cyclic esters (lactones) is 1. The Labute approximate surface area is 174 Å². The number of hydrogen-bond acceptors (Lipinski definition) is 9. The predicted molar refractivity (Wildman–Crippen MR) is 102 cm³/mol. The summed E-state index contributed by atoms with van der Waals surface area (Å²) in [5.74, 6) is -2.67. The van der Waals surface area contributed by atoms with Crippen molar-refractivity contribution in [3.63, 3.8) is 0 Å². The van der Waals surface area contributed by atoms with Gasteiger partial charge in [-0.15, -0.1) is 0 Å². The molecule has 164 valence electrons. The van der Waals surface area contributed by atoms with Gasteiger partial charge in [0.15, 0.2) is 18.3 Å². The van der Waals surface area contributed by atoms with Crippen molar-refractivity contribution in [2.24, 2.45) is 0 Å². The van der Waals surface area contributed by atoms with Gasteiger partial charge >= 0.3 is 23.9 Å². The Kier molecular flexibility index (Phi) is 8.35. The van der Waals surface area contributed by atoms with Crippen LogP contribution in [0.1, 0.15) is 45.8 Å². The first-order valence-corrected chi connectivity index (χ1v) is 9.60. The summed E-state index contributed by atoms with van der Waals surface area (Å²) in [7, 11) is 0. The number of hydrogen-bond donors (Lipinski definition) is 0. The molecule has 0 aliphatic carbocycles. The van der Waals surface area contributed by atoms with Gasteiger partial charge in [-0.1, -0.05) is 30.3 Å². The fourth-order valence-corrected chi connectivity index (χ4v) is 3.37. The monoisotopic (exact) mass is 422 g/mol. The molecule has 9 nitrogen and oxygen atoms in total. The quantitative estimate of drug-likeness (QED) is 0.500. The van der Waals surface area contributed by atoms with Crippen LogP contribution in [0.25, 0.3) is 0 Å². The molecule has 0 bridgehead atoms. The molecule has 0 spiro atoms. The Hall–Kier alpha value is -2.94. The molecular weight excluding hydrogens is 396 g/mol. The molecule has 1 aromatic rings. The van der Waals surface area contributed by atoms with Gasteiger partial charge in [-0.3, -0.25) is 19.2 Å². The normalized spacial score (nSPS) is 26.5. The highest BCUT2D eigenvalue weighted by Crippen LogP contribution is 2.34. The van der Waals surface area contributed by atoms with Gasteiger partial charge in [-0.05, 0) is 12.5 Å². The molecule has 5 atom stereocenters. The molecule has 9 heteroatoms. The van der Waals surface area contributed by atoms with Crippen LogP contribution in [0.3, 0.4) is 0 Å². The van der Waals surface area contributed by atoms with E-state index in [2.05, 4.69) is 0 Å². The molecule has 1 aromatic carbocycles. The molecule has 1 saturated heterocycles. The maximum absolute atomic E-state index is 12.6. The van der Waals surface area contributed by atoms with Crippen molar-refractivity contribution >= 4 is 23.9 Å². The second-order valence-corrected chi connectivity index (χ2v) is 6.74. The molecule has 1 fully saturated rings. The summed E-state index contributed by atoms with van der Waals surface area (Å²) >= 11 is 0. The maximum atomic E-state index is 12.6. The molecule has 0 aromatic heterocycles. The highest BCUT2D eigenvalue weighted by Gasteiger charge is 2.49. The first kappa shape index (κ1) is 23.3. The summed E-state index contributed by atoms with van der Waals surface area (Å²) in [6, 6.07) is 8.63. The standard InChI is InChI=1S/C21H26O9/c1-5-26-19-16(27-12(2)22)11-17(25)30-18(15-9-7-6-8-10-15)20(28-13(3)23)21(19)29-14(4)24/h6-10,16,18-21H,5,11H2,1-4H3/t16-,18-,19-,20-,21-/m1/s1. The number of rotatable bonds is 6. The summed E-state index contributed by atoms with van der Waals surface area (Å²) in [5, 5.41) is 0. The maximum Gasteiger partial charge on any atom is 0.310 e. The smallest absolute Gasteiger partial charge is 0.310 e. The SMILES string of the molecule is CCO[C@H]1[C@@H](OC(C)=O)[C@H](OC(C)=O)[C@@H](c2ccccc2)OC(=O)C[C@H]1OC(C)=O. The summed E-state index contributed by atoms with van der Waals surface area (Å²) in [6.07, 6.45) is -5.98. The van der Waals surface area contributed by atoms with Crippen molar-refractivity contribution < 1.29 is 42.9 Å². The third-order valence-electron chi connectivity index (χ3n) is 4.35. The van der Waals surface area contributed by atoms with Gasteiger partial charge in [0.1, 0.15) is 12.2 Å². The van der Waals surface area contributed by atoms with Gasteiger partial charge in [0.05, 0.1) is 6.42 Å². The average molecular weight is 422 g/mol. The number of carbonyl (C=O) groups is 4. The molecule has 0 unspecified atom stereocenters. The second kappa shape index (κ2) is 10.7. The van der Waals surface area contributed by atoms with Crippen LogP contribution in [0.5, 0.6) is 0 Å². The topological polar surface area (TPSA) is 114 Å². The summed E-state index contributed by atoms with van der Waals surface area (Å²) < 4.78 is 27.5. The summed E-state index contributed by atoms with van der Waals surface area (Å²) in [5.41, 5.74) is 0.537. The van der Waals surface area contributed by atoms with Crippen LogP contribution in [0.4, 0.5) is 0 Å². The van der Waals surface area contributed by atoms with Crippen LogP contribution in [0.2, 0.25) is 0 Å². The van der Waals surface area contributed by atoms with Gasteiger partial charge < -0.3 is 23.7 Å². The number of benzene rings is 1. The number of esters is 4. The fraction of sp³-hybridized carbons (Fsp3) is 0.524. The first-order chi connectivity index (χ1) is 14.2. The van der Waals surface area contributed by atoms with Gasteiger partial charge in [0.25, 0.3) is 0 Å². The molecule has 0 saturated carbocycles. The van der Waals surface area contributed by atoms with E-state index >= 15 is 0 Å². The van der Waals surface area contributed by atoms with Crippen LogP contribution in [-0.4, -0.2) is 54.9 Å². The van der Waals surface area contributed by atoms with Crippen LogP contribution >= 0.6 is 0 Å². The zero-order valence-corrected chi connectivity index (χ0v) is 17.4. The molecular formula is C21H26O9. The van der Waals surface area contributed by atoms with E-state index in [1.54, 1.807) is 37.3 Å². The molecule has 1 aliphatic rings. The lowest BCUT2D eigenvalue weighted by Gasteiger charge is -2.40. The second-order valence-electron chi connectivity index (χ2n) is 6.74. The molecule has 2 rings (SSSR count). The van der Waals surface area contributed by atoms with Crippen molar-refractivity contribution in [2.45, 2.75) is 64.6 Å². The Morgan fingerprint density at radius 2 is 1.47 bits per heavy atom. The van der Waals surface area contributed by atoms with Crippen LogP contribution in [-0.2, 0) is 42.9 Å². The molecule has 1 heterocycles. The van der Waals surface area contributed by atoms with Gasteiger partial charge in [0, 0.05) is 27.4 Å². The van der Waals surface area contributed by atoms with Crippen molar-refractivity contribution in [2.75, 3.05) is 6.61 Å². The van der Waals surface area contributed by atoms with Crippen LogP contribution in [0.15, 0.2) is 30.3 Å². The Morgan fingerprint density at radius 1 is 0.900 bits per heavy atom. The Balaban J connectivity index is 2.60. The van der Waals surface area contributed by atoms with E-state index in [-0.39, 0.29) is 13.0 Å². The van der Waals surface area contributed by atoms with E-state index in [9.17, 15) is 19.2 Å². The third kappa shape index (κ3) is 6.28. The minimum absolute atomic E-state index is 0.165. The Morgan fingerprint density at radius 3 is 2.00 bits per heavy atom. The van der Waals surface area contributed by atoms with Gasteiger partial charge in [-0.25, -0.2) is 0 Å². The van der Waals surface area contributed by atoms with Gasteiger partial charge in [0.2, 0.25) is 0 Å². The molecule has 30 heavy (non-hydrogen) atoms. The number of carbonyl (C=O) groups excluding carboxylic acids is 4. The lowest BCUT2D eigenvalue weighted by molar-refractivity contribution is -0.219. The van der Waals surface area contributed by atoms with Crippen LogP contribution < -0.4 is 0 Å². The first-order valence-electron chi connectivity index (χ1n) is 9.60. The van der Waals surface area contributed by atoms with Crippen LogP contribution in [0, 0.1) is 0 Å². The van der Waals surface area contributed by atoms with Crippen molar-refractivity contribution in [1.82, 2.24) is 0 Å². The predicted octanol–water partition coefficient (Wildman–Crippen LogP) is 1.87. The Bertz CT molecular complexity index is 761. The minimum Gasteiger partial charge on any atom is -0.459 e. The minimum atomic E-state index is -1.23. The van der Waals surface area contributed by atoms with Crippen molar-refractivity contribution in [1.29, 1.82) is 0 Å². The molecule has 1 aliphatic heterocycles. The highest BCUT2D eigenvalue weighted by molar-refractivity contribution is 5.73. The van der Waals surface area contributed by atoms with Crippen molar-refractivity contribution in [3.8, 4) is 0 Å². The molecule has 0 amide bonds. The number of ether oxygens (including phenoxy) is 5. The highest BCUT2D eigenvalue weighted by atomic mass is 16.6.